The summed E-state index contributed by atoms with van der Waals surface area (Å²) in [7, 11) is 1.62. The topological polar surface area (TPSA) is 59.6 Å². The van der Waals surface area contributed by atoms with Gasteiger partial charge in [0.15, 0.2) is 0 Å². The Morgan fingerprint density at radius 3 is 2.80 bits per heavy atom. The van der Waals surface area contributed by atoms with Crippen LogP contribution in [0.15, 0.2) is 24.3 Å². The Bertz CT molecular complexity index is 427. The van der Waals surface area contributed by atoms with Crippen molar-refractivity contribution < 1.29 is 14.3 Å². The number of methoxy groups -OCH3 is 1. The van der Waals surface area contributed by atoms with Crippen LogP contribution in [0, 0.1) is 0 Å². The molecule has 0 radical (unpaired) electrons. The molecule has 2 atom stereocenters. The van der Waals surface area contributed by atoms with Crippen molar-refractivity contribution in [2.45, 2.75) is 31.9 Å². The van der Waals surface area contributed by atoms with Crippen molar-refractivity contribution in [2.24, 2.45) is 0 Å². The summed E-state index contributed by atoms with van der Waals surface area (Å²) in [5.41, 5.74) is 0.766. The van der Waals surface area contributed by atoms with E-state index in [-0.39, 0.29) is 24.6 Å². The molecule has 1 amide bonds. The van der Waals surface area contributed by atoms with Crippen molar-refractivity contribution >= 4 is 11.6 Å². The molecular weight excluding hydrogens is 256 g/mol. The Hall–Kier alpha value is -1.59. The van der Waals surface area contributed by atoms with E-state index in [4.69, 9.17) is 9.47 Å². The zero-order chi connectivity index (χ0) is 14.4. The molecule has 1 aromatic rings. The molecule has 5 heteroatoms. The number of ether oxygens (including phenoxy) is 2. The highest BCUT2D eigenvalue weighted by molar-refractivity contribution is 5.92. The first-order valence-electron chi connectivity index (χ1n) is 6.98. The second kappa shape index (κ2) is 7.26. The minimum atomic E-state index is -0.0555. The van der Waals surface area contributed by atoms with E-state index in [0.29, 0.717) is 0 Å². The van der Waals surface area contributed by atoms with Crippen molar-refractivity contribution in [1.29, 1.82) is 0 Å². The number of benzene rings is 1. The summed E-state index contributed by atoms with van der Waals surface area (Å²) in [6.07, 6.45) is 2.40. The Morgan fingerprint density at radius 2 is 2.20 bits per heavy atom. The number of nitrogens with one attached hydrogen (secondary N) is 2. The van der Waals surface area contributed by atoms with Gasteiger partial charge in [-0.05, 0) is 44.0 Å². The zero-order valence-corrected chi connectivity index (χ0v) is 12.0. The van der Waals surface area contributed by atoms with Crippen molar-refractivity contribution in [1.82, 2.24) is 5.32 Å². The molecule has 0 aromatic heterocycles. The summed E-state index contributed by atoms with van der Waals surface area (Å²) in [5.74, 6) is 0.716. The highest BCUT2D eigenvalue weighted by atomic mass is 16.5. The molecule has 110 valence electrons. The van der Waals surface area contributed by atoms with Crippen LogP contribution in [-0.4, -0.2) is 38.3 Å². The lowest BCUT2D eigenvalue weighted by Gasteiger charge is -2.19. The largest absolute Gasteiger partial charge is 0.497 e. The third kappa shape index (κ3) is 4.21. The van der Waals surface area contributed by atoms with Gasteiger partial charge in [-0.3, -0.25) is 4.79 Å². The standard InChI is InChI=1S/C15H22N2O3/c1-11(14-4-3-9-20-14)16-10-15(18)17-12-5-7-13(19-2)8-6-12/h5-8,11,14,16H,3-4,9-10H2,1-2H3,(H,17,18). The second-order valence-electron chi connectivity index (χ2n) is 5.00. The maximum Gasteiger partial charge on any atom is 0.238 e. The molecule has 1 aromatic carbocycles. The first-order valence-corrected chi connectivity index (χ1v) is 6.98. The fourth-order valence-corrected chi connectivity index (χ4v) is 2.26. The predicted octanol–water partition coefficient (Wildman–Crippen LogP) is 1.79. The molecule has 1 saturated heterocycles. The number of hydrogen-bond acceptors (Lipinski definition) is 4. The Balaban J connectivity index is 1.74. The van der Waals surface area contributed by atoms with Gasteiger partial charge >= 0.3 is 0 Å². The summed E-state index contributed by atoms with van der Waals surface area (Å²) in [6.45, 7) is 3.17. The first kappa shape index (κ1) is 14.8. The Kier molecular flexibility index (Phi) is 5.38. The number of anilines is 1. The monoisotopic (exact) mass is 278 g/mol. The van der Waals surface area contributed by atoms with E-state index in [1.807, 2.05) is 24.3 Å². The molecule has 0 spiro atoms. The third-order valence-corrected chi connectivity index (χ3v) is 3.48. The average molecular weight is 278 g/mol. The molecule has 5 nitrogen and oxygen atoms in total. The number of amides is 1. The number of carbonyl (C=O) groups excluding carboxylic acids is 1. The zero-order valence-electron chi connectivity index (χ0n) is 12.0. The van der Waals surface area contributed by atoms with Gasteiger partial charge in [0, 0.05) is 18.3 Å². The molecule has 1 aliphatic rings. The fourth-order valence-electron chi connectivity index (χ4n) is 2.26. The minimum Gasteiger partial charge on any atom is -0.497 e. The molecule has 1 fully saturated rings. The van der Waals surface area contributed by atoms with Gasteiger partial charge in [-0.15, -0.1) is 0 Å². The van der Waals surface area contributed by atoms with E-state index in [2.05, 4.69) is 17.6 Å². The van der Waals surface area contributed by atoms with Crippen LogP contribution in [0.3, 0.4) is 0 Å². The van der Waals surface area contributed by atoms with Gasteiger partial charge in [-0.2, -0.15) is 0 Å². The van der Waals surface area contributed by atoms with E-state index in [1.165, 1.54) is 0 Å². The number of carbonyl (C=O) groups is 1. The molecule has 2 N–H and O–H groups in total. The van der Waals surface area contributed by atoms with Crippen LogP contribution >= 0.6 is 0 Å². The fraction of sp³-hybridized carbons (Fsp3) is 0.533. The maximum atomic E-state index is 11.8. The Morgan fingerprint density at radius 1 is 1.45 bits per heavy atom. The minimum absolute atomic E-state index is 0.0555. The van der Waals surface area contributed by atoms with Crippen LogP contribution in [0.4, 0.5) is 5.69 Å². The molecular formula is C15H22N2O3. The van der Waals surface area contributed by atoms with Gasteiger partial charge in [0.1, 0.15) is 5.75 Å². The number of hydrogen-bond donors (Lipinski definition) is 2. The SMILES string of the molecule is COc1ccc(NC(=O)CNC(C)C2CCCO2)cc1. The molecule has 0 bridgehead atoms. The van der Waals surface area contributed by atoms with Crippen molar-refractivity contribution in [3.05, 3.63) is 24.3 Å². The molecule has 2 unspecified atom stereocenters. The number of rotatable bonds is 6. The van der Waals surface area contributed by atoms with E-state index < -0.39 is 0 Å². The molecule has 1 aliphatic heterocycles. The van der Waals surface area contributed by atoms with Gasteiger partial charge in [0.25, 0.3) is 0 Å². The Labute approximate surface area is 119 Å². The molecule has 0 saturated carbocycles. The van der Waals surface area contributed by atoms with Crippen LogP contribution < -0.4 is 15.4 Å². The highest BCUT2D eigenvalue weighted by Gasteiger charge is 2.22. The lowest BCUT2D eigenvalue weighted by Crippen LogP contribution is -2.41. The predicted molar refractivity (Wildman–Crippen MR) is 78.1 cm³/mol. The van der Waals surface area contributed by atoms with Gasteiger partial charge in [-0.25, -0.2) is 0 Å². The lowest BCUT2D eigenvalue weighted by molar-refractivity contribution is -0.115. The van der Waals surface area contributed by atoms with Crippen molar-refractivity contribution in [2.75, 3.05) is 25.6 Å². The average Bonchev–Trinajstić information content (AvgIpc) is 3.00. The lowest BCUT2D eigenvalue weighted by atomic mass is 10.1. The van der Waals surface area contributed by atoms with E-state index in [1.54, 1.807) is 7.11 Å². The van der Waals surface area contributed by atoms with Gasteiger partial charge in [-0.1, -0.05) is 0 Å². The van der Waals surface area contributed by atoms with Gasteiger partial charge in [0.05, 0.1) is 19.8 Å². The maximum absolute atomic E-state index is 11.8. The van der Waals surface area contributed by atoms with Crippen LogP contribution in [0.5, 0.6) is 5.75 Å². The van der Waals surface area contributed by atoms with E-state index >= 15 is 0 Å². The van der Waals surface area contributed by atoms with Gasteiger partial charge in [0.2, 0.25) is 5.91 Å². The van der Waals surface area contributed by atoms with E-state index in [0.717, 1.165) is 30.9 Å². The molecule has 2 rings (SSSR count). The first-order chi connectivity index (χ1) is 9.69. The van der Waals surface area contributed by atoms with Crippen LogP contribution in [-0.2, 0) is 9.53 Å². The normalized spacial score (nSPS) is 19.6. The van der Waals surface area contributed by atoms with E-state index in [9.17, 15) is 4.79 Å². The van der Waals surface area contributed by atoms with Crippen LogP contribution in [0.2, 0.25) is 0 Å². The summed E-state index contributed by atoms with van der Waals surface area (Å²) >= 11 is 0. The summed E-state index contributed by atoms with van der Waals surface area (Å²) in [6, 6.07) is 7.47. The summed E-state index contributed by atoms with van der Waals surface area (Å²) in [4.78, 5) is 11.8. The summed E-state index contributed by atoms with van der Waals surface area (Å²) in [5, 5.41) is 6.05. The van der Waals surface area contributed by atoms with Crippen molar-refractivity contribution in [3.63, 3.8) is 0 Å². The summed E-state index contributed by atoms with van der Waals surface area (Å²) < 4.78 is 10.7. The van der Waals surface area contributed by atoms with Crippen LogP contribution in [0.25, 0.3) is 0 Å². The smallest absolute Gasteiger partial charge is 0.238 e. The quantitative estimate of drug-likeness (QED) is 0.833. The van der Waals surface area contributed by atoms with Crippen LogP contribution in [0.1, 0.15) is 19.8 Å². The molecule has 20 heavy (non-hydrogen) atoms. The van der Waals surface area contributed by atoms with Crippen molar-refractivity contribution in [3.8, 4) is 5.75 Å². The molecule has 0 aliphatic carbocycles. The highest BCUT2D eigenvalue weighted by Crippen LogP contribution is 2.16. The molecule has 1 heterocycles. The third-order valence-electron chi connectivity index (χ3n) is 3.48. The second-order valence-corrected chi connectivity index (χ2v) is 5.00. The van der Waals surface area contributed by atoms with Gasteiger partial charge < -0.3 is 20.1 Å².